The molecule has 0 saturated heterocycles. The zero-order chi connectivity index (χ0) is 15.6. The van der Waals surface area contributed by atoms with Crippen LogP contribution in [0, 0.1) is 0 Å². The summed E-state index contributed by atoms with van der Waals surface area (Å²) >= 11 is 0. The zero-order valence-corrected chi connectivity index (χ0v) is 12.3. The highest BCUT2D eigenvalue weighted by atomic mass is 16.3. The summed E-state index contributed by atoms with van der Waals surface area (Å²) in [6.07, 6.45) is 1.64. The Labute approximate surface area is 132 Å². The average Bonchev–Trinajstić information content (AvgIpc) is 3.18. The van der Waals surface area contributed by atoms with Crippen LogP contribution in [0.25, 0.3) is 22.4 Å². The molecular formula is C18H14N4O. The molecule has 0 unspecified atom stereocenters. The van der Waals surface area contributed by atoms with Crippen molar-refractivity contribution in [1.29, 1.82) is 0 Å². The molecule has 2 N–H and O–H groups in total. The maximum Gasteiger partial charge on any atom is 0.222 e. The molecule has 0 atom stereocenters. The summed E-state index contributed by atoms with van der Waals surface area (Å²) in [5.41, 5.74) is 8.62. The van der Waals surface area contributed by atoms with Gasteiger partial charge in [-0.05, 0) is 24.3 Å². The number of nitrogens with zero attached hydrogens (tertiary/aromatic N) is 3. The monoisotopic (exact) mass is 302 g/mol. The van der Waals surface area contributed by atoms with Crippen LogP contribution in [0.3, 0.4) is 0 Å². The first-order valence-electron chi connectivity index (χ1n) is 7.24. The smallest absolute Gasteiger partial charge is 0.222 e. The second-order valence-electron chi connectivity index (χ2n) is 5.08. The summed E-state index contributed by atoms with van der Waals surface area (Å²) in [6, 6.07) is 21.4. The Morgan fingerprint density at radius 3 is 2.61 bits per heavy atom. The number of nitrogen functional groups attached to an aromatic ring is 1. The van der Waals surface area contributed by atoms with Crippen molar-refractivity contribution >= 4 is 23.2 Å². The van der Waals surface area contributed by atoms with Gasteiger partial charge in [0.15, 0.2) is 0 Å². The summed E-state index contributed by atoms with van der Waals surface area (Å²) in [6.45, 7) is 0. The summed E-state index contributed by atoms with van der Waals surface area (Å²) in [5, 5.41) is 4.38. The van der Waals surface area contributed by atoms with Crippen molar-refractivity contribution in [3.8, 4) is 11.3 Å². The minimum Gasteiger partial charge on any atom is -0.455 e. The number of nitrogens with two attached hydrogens (primary N) is 1. The molecule has 5 heteroatoms. The van der Waals surface area contributed by atoms with Gasteiger partial charge in [-0.25, -0.2) is 4.98 Å². The zero-order valence-electron chi connectivity index (χ0n) is 12.3. The fourth-order valence-electron chi connectivity index (χ4n) is 2.45. The Morgan fingerprint density at radius 2 is 1.74 bits per heavy atom. The number of furan rings is 1. The maximum atomic E-state index is 5.92. The standard InChI is InChI=1S/C18H14N4O/c19-18-21-15-8-4-5-9-16(15)22(18)20-12-14-10-11-17(23-14)13-6-2-1-3-7-13/h1-12H,(H2,19,21)/b20-12+. The van der Waals surface area contributed by atoms with E-state index in [9.17, 15) is 0 Å². The largest absolute Gasteiger partial charge is 0.455 e. The topological polar surface area (TPSA) is 69.3 Å². The van der Waals surface area contributed by atoms with Crippen LogP contribution in [0.4, 0.5) is 5.95 Å². The molecule has 2 aromatic heterocycles. The minimum absolute atomic E-state index is 0.345. The number of fused-ring (bicyclic) bond motifs is 1. The van der Waals surface area contributed by atoms with Crippen LogP contribution >= 0.6 is 0 Å². The molecule has 0 bridgehead atoms. The number of hydrogen-bond donors (Lipinski definition) is 1. The van der Waals surface area contributed by atoms with Crippen molar-refractivity contribution < 1.29 is 4.42 Å². The van der Waals surface area contributed by atoms with E-state index in [-0.39, 0.29) is 0 Å². The highest BCUT2D eigenvalue weighted by molar-refractivity contribution is 5.81. The number of benzene rings is 2. The normalized spacial score (nSPS) is 11.5. The van der Waals surface area contributed by atoms with Gasteiger partial charge in [-0.15, -0.1) is 0 Å². The number of imidazole rings is 1. The summed E-state index contributed by atoms with van der Waals surface area (Å²) in [5.74, 6) is 1.80. The molecule has 0 spiro atoms. The van der Waals surface area contributed by atoms with Crippen molar-refractivity contribution in [1.82, 2.24) is 9.66 Å². The van der Waals surface area contributed by atoms with Crippen LogP contribution in [0.1, 0.15) is 5.76 Å². The molecule has 0 saturated carbocycles. The minimum atomic E-state index is 0.345. The maximum absolute atomic E-state index is 5.92. The molecule has 0 radical (unpaired) electrons. The Morgan fingerprint density at radius 1 is 0.957 bits per heavy atom. The number of anilines is 1. The average molecular weight is 302 g/mol. The molecule has 4 aromatic rings. The van der Waals surface area contributed by atoms with Crippen LogP contribution < -0.4 is 5.73 Å². The third kappa shape index (κ3) is 2.48. The summed E-state index contributed by atoms with van der Waals surface area (Å²) in [4.78, 5) is 4.27. The van der Waals surface area contributed by atoms with Crippen LogP contribution in [0.5, 0.6) is 0 Å². The van der Waals surface area contributed by atoms with Crippen molar-refractivity contribution in [2.75, 3.05) is 5.73 Å². The van der Waals surface area contributed by atoms with E-state index in [1.807, 2.05) is 66.7 Å². The molecule has 0 aliphatic heterocycles. The fraction of sp³-hybridized carbons (Fsp3) is 0. The molecule has 23 heavy (non-hydrogen) atoms. The van der Waals surface area contributed by atoms with Gasteiger partial charge in [-0.3, -0.25) is 0 Å². The fourth-order valence-corrected chi connectivity index (χ4v) is 2.45. The van der Waals surface area contributed by atoms with E-state index in [0.717, 1.165) is 22.4 Å². The highest BCUT2D eigenvalue weighted by Crippen LogP contribution is 2.21. The van der Waals surface area contributed by atoms with Crippen LogP contribution in [-0.4, -0.2) is 15.9 Å². The van der Waals surface area contributed by atoms with E-state index in [0.29, 0.717) is 11.7 Å². The molecule has 4 rings (SSSR count). The SMILES string of the molecule is Nc1nc2ccccc2n1/N=C/c1ccc(-c2ccccc2)o1. The Kier molecular flexibility index (Phi) is 3.16. The Bertz CT molecular complexity index is 983. The van der Waals surface area contributed by atoms with E-state index in [1.54, 1.807) is 10.9 Å². The van der Waals surface area contributed by atoms with Gasteiger partial charge in [0.05, 0.1) is 17.2 Å². The van der Waals surface area contributed by atoms with E-state index < -0.39 is 0 Å². The second kappa shape index (κ2) is 5.46. The van der Waals surface area contributed by atoms with Gasteiger partial charge in [0, 0.05) is 5.56 Å². The van der Waals surface area contributed by atoms with E-state index in [4.69, 9.17) is 10.2 Å². The van der Waals surface area contributed by atoms with Gasteiger partial charge >= 0.3 is 0 Å². The van der Waals surface area contributed by atoms with E-state index >= 15 is 0 Å². The second-order valence-corrected chi connectivity index (χ2v) is 5.08. The highest BCUT2D eigenvalue weighted by Gasteiger charge is 2.06. The first-order valence-corrected chi connectivity index (χ1v) is 7.24. The van der Waals surface area contributed by atoms with E-state index in [2.05, 4.69) is 10.1 Å². The van der Waals surface area contributed by atoms with Crippen LogP contribution in [-0.2, 0) is 0 Å². The predicted octanol–water partition coefficient (Wildman–Crippen LogP) is 3.76. The number of aromatic nitrogens is 2. The Balaban J connectivity index is 1.66. The van der Waals surface area contributed by atoms with Gasteiger partial charge < -0.3 is 10.2 Å². The lowest BCUT2D eigenvalue weighted by Crippen LogP contribution is -1.97. The predicted molar refractivity (Wildman–Crippen MR) is 91.3 cm³/mol. The third-order valence-electron chi connectivity index (χ3n) is 3.55. The molecular weight excluding hydrogens is 288 g/mol. The molecule has 0 aliphatic carbocycles. The van der Waals surface area contributed by atoms with Gasteiger partial charge in [-0.1, -0.05) is 42.5 Å². The lowest BCUT2D eigenvalue weighted by Gasteiger charge is -1.97. The van der Waals surface area contributed by atoms with Gasteiger partial charge in [-0.2, -0.15) is 9.78 Å². The molecule has 0 amide bonds. The quantitative estimate of drug-likeness (QED) is 0.586. The molecule has 2 aromatic carbocycles. The molecule has 112 valence electrons. The number of hydrogen-bond acceptors (Lipinski definition) is 4. The summed E-state index contributed by atoms with van der Waals surface area (Å²) < 4.78 is 7.39. The molecule has 0 fully saturated rings. The Hall–Kier alpha value is -3.34. The third-order valence-corrected chi connectivity index (χ3v) is 3.55. The van der Waals surface area contributed by atoms with Crippen molar-refractivity contribution in [3.05, 3.63) is 72.5 Å². The first kappa shape index (κ1) is 13.3. The lowest BCUT2D eigenvalue weighted by molar-refractivity contribution is 0.574. The number of rotatable bonds is 3. The molecule has 5 nitrogen and oxygen atoms in total. The van der Waals surface area contributed by atoms with Crippen LogP contribution in [0.2, 0.25) is 0 Å². The van der Waals surface area contributed by atoms with Crippen LogP contribution in [0.15, 0.2) is 76.2 Å². The first-order chi connectivity index (χ1) is 11.3. The van der Waals surface area contributed by atoms with Gasteiger partial charge in [0.2, 0.25) is 5.95 Å². The summed E-state index contributed by atoms with van der Waals surface area (Å²) in [7, 11) is 0. The van der Waals surface area contributed by atoms with Crippen molar-refractivity contribution in [2.45, 2.75) is 0 Å². The lowest BCUT2D eigenvalue weighted by atomic mass is 10.2. The van der Waals surface area contributed by atoms with Gasteiger partial charge in [0.25, 0.3) is 0 Å². The molecule has 0 aliphatic rings. The van der Waals surface area contributed by atoms with E-state index in [1.165, 1.54) is 0 Å². The molecule has 2 heterocycles. The van der Waals surface area contributed by atoms with Crippen molar-refractivity contribution in [2.24, 2.45) is 5.10 Å². The number of para-hydroxylation sites is 2. The van der Waals surface area contributed by atoms with Gasteiger partial charge in [0.1, 0.15) is 11.5 Å². The van der Waals surface area contributed by atoms with Crippen molar-refractivity contribution in [3.63, 3.8) is 0 Å².